The Morgan fingerprint density at radius 2 is 1.72 bits per heavy atom. The summed E-state index contributed by atoms with van der Waals surface area (Å²) >= 11 is 0. The lowest BCUT2D eigenvalue weighted by atomic mass is 10.0. The highest BCUT2D eigenvalue weighted by Gasteiger charge is 2.28. The molecule has 1 aliphatic carbocycles. The van der Waals surface area contributed by atoms with E-state index in [9.17, 15) is 4.79 Å². The molecule has 1 aromatic rings. The van der Waals surface area contributed by atoms with Gasteiger partial charge >= 0.3 is 0 Å². The summed E-state index contributed by atoms with van der Waals surface area (Å²) in [7, 11) is 2.16. The largest absolute Gasteiger partial charge is 0.381 e. The molecule has 2 fully saturated rings. The molecular formula is C18H30Cl2N4O. The molecule has 1 heterocycles. The number of likely N-dealkylation sites (tertiary alicyclic amines) is 1. The number of hydrogen-bond donors (Lipinski definition) is 3. The van der Waals surface area contributed by atoms with E-state index in [0.29, 0.717) is 6.04 Å². The molecule has 25 heavy (non-hydrogen) atoms. The number of halogens is 2. The van der Waals surface area contributed by atoms with Crippen molar-refractivity contribution < 1.29 is 4.79 Å². The van der Waals surface area contributed by atoms with Crippen LogP contribution in [0.2, 0.25) is 0 Å². The Balaban J connectivity index is 0.00000156. The van der Waals surface area contributed by atoms with Gasteiger partial charge in [0, 0.05) is 18.0 Å². The first-order valence-corrected chi connectivity index (χ1v) is 8.72. The molecule has 5 nitrogen and oxygen atoms in total. The summed E-state index contributed by atoms with van der Waals surface area (Å²) in [6, 6.07) is 8.66. The molecule has 7 heteroatoms. The Hall–Kier alpha value is -1.01. The number of carbonyl (C=O) groups is 1. The van der Waals surface area contributed by atoms with Gasteiger partial charge in [-0.15, -0.1) is 24.8 Å². The number of anilines is 2. The van der Waals surface area contributed by atoms with Crippen molar-refractivity contribution >= 4 is 42.1 Å². The van der Waals surface area contributed by atoms with Gasteiger partial charge in [-0.1, -0.05) is 12.1 Å². The maximum absolute atomic E-state index is 12.4. The van der Waals surface area contributed by atoms with Gasteiger partial charge in [0.1, 0.15) is 0 Å². The van der Waals surface area contributed by atoms with Crippen LogP contribution in [0, 0.1) is 5.92 Å². The molecule has 0 bridgehead atoms. The van der Waals surface area contributed by atoms with Crippen LogP contribution < -0.4 is 16.4 Å². The molecule has 1 aliphatic heterocycles. The summed E-state index contributed by atoms with van der Waals surface area (Å²) in [6.45, 7) is 2.23. The fourth-order valence-electron chi connectivity index (χ4n) is 3.58. The number of benzene rings is 1. The molecule has 1 saturated carbocycles. The first-order chi connectivity index (χ1) is 11.1. The highest BCUT2D eigenvalue weighted by molar-refractivity contribution is 5.95. The summed E-state index contributed by atoms with van der Waals surface area (Å²) in [5, 5.41) is 6.71. The maximum atomic E-state index is 12.4. The zero-order valence-corrected chi connectivity index (χ0v) is 16.4. The number of nitrogens with one attached hydrogen (secondary N) is 2. The van der Waals surface area contributed by atoms with Crippen molar-refractivity contribution in [3.05, 3.63) is 24.3 Å². The zero-order chi connectivity index (χ0) is 16.2. The van der Waals surface area contributed by atoms with Crippen molar-refractivity contribution in [2.45, 2.75) is 44.2 Å². The second kappa shape index (κ2) is 10.2. The van der Waals surface area contributed by atoms with Gasteiger partial charge in [0.05, 0.1) is 11.4 Å². The first kappa shape index (κ1) is 22.0. The Labute approximate surface area is 162 Å². The van der Waals surface area contributed by atoms with Crippen molar-refractivity contribution in [3.63, 3.8) is 0 Å². The molecule has 2 atom stereocenters. The molecule has 2 unspecified atom stereocenters. The van der Waals surface area contributed by atoms with Gasteiger partial charge < -0.3 is 21.3 Å². The highest BCUT2D eigenvalue weighted by Crippen LogP contribution is 2.28. The molecular weight excluding hydrogens is 359 g/mol. The predicted molar refractivity (Wildman–Crippen MR) is 109 cm³/mol. The van der Waals surface area contributed by atoms with Crippen LogP contribution in [0.4, 0.5) is 11.4 Å². The van der Waals surface area contributed by atoms with Crippen LogP contribution in [-0.2, 0) is 4.79 Å². The average molecular weight is 389 g/mol. The standard InChI is InChI=1S/C18H28N4O.2ClH/c1-22-10-8-15(9-11-22)20-16-4-2-3-5-17(16)21-18(23)13-6-7-14(19)12-13;;/h2-5,13-15,20H,6-12,19H2,1H3,(H,21,23);2*1H. The quantitative estimate of drug-likeness (QED) is 0.740. The number of para-hydroxylation sites is 2. The van der Waals surface area contributed by atoms with Crippen LogP contribution in [0.25, 0.3) is 0 Å². The summed E-state index contributed by atoms with van der Waals surface area (Å²) in [5.41, 5.74) is 7.84. The van der Waals surface area contributed by atoms with Crippen LogP contribution >= 0.6 is 24.8 Å². The highest BCUT2D eigenvalue weighted by atomic mass is 35.5. The lowest BCUT2D eigenvalue weighted by molar-refractivity contribution is -0.119. The molecule has 1 aromatic carbocycles. The Bertz CT molecular complexity index is 550. The monoisotopic (exact) mass is 388 g/mol. The van der Waals surface area contributed by atoms with E-state index in [-0.39, 0.29) is 42.7 Å². The lowest BCUT2D eigenvalue weighted by Gasteiger charge is -2.30. The Morgan fingerprint density at radius 1 is 1.08 bits per heavy atom. The van der Waals surface area contributed by atoms with Crippen LogP contribution in [-0.4, -0.2) is 43.0 Å². The summed E-state index contributed by atoms with van der Waals surface area (Å²) < 4.78 is 0. The van der Waals surface area contributed by atoms with Crippen molar-refractivity contribution in [3.8, 4) is 0 Å². The number of piperidine rings is 1. The van der Waals surface area contributed by atoms with Crippen LogP contribution in [0.5, 0.6) is 0 Å². The third-order valence-electron chi connectivity index (χ3n) is 5.11. The molecule has 0 aromatic heterocycles. The molecule has 0 radical (unpaired) electrons. The number of hydrogen-bond acceptors (Lipinski definition) is 4. The average Bonchev–Trinajstić information content (AvgIpc) is 2.98. The van der Waals surface area contributed by atoms with Crippen LogP contribution in [0.1, 0.15) is 32.1 Å². The van der Waals surface area contributed by atoms with E-state index in [1.54, 1.807) is 0 Å². The van der Waals surface area contributed by atoms with Gasteiger partial charge in [-0.25, -0.2) is 0 Å². The van der Waals surface area contributed by atoms with E-state index in [0.717, 1.165) is 56.6 Å². The van der Waals surface area contributed by atoms with Crippen molar-refractivity contribution in [1.82, 2.24) is 4.90 Å². The third-order valence-corrected chi connectivity index (χ3v) is 5.11. The first-order valence-electron chi connectivity index (χ1n) is 8.72. The number of rotatable bonds is 4. The summed E-state index contributed by atoms with van der Waals surface area (Å²) in [6.07, 6.45) is 4.92. The molecule has 4 N–H and O–H groups in total. The Morgan fingerprint density at radius 3 is 2.32 bits per heavy atom. The summed E-state index contributed by atoms with van der Waals surface area (Å²) in [5.74, 6) is 0.164. The van der Waals surface area contributed by atoms with E-state index < -0.39 is 0 Å². The van der Waals surface area contributed by atoms with E-state index in [1.807, 2.05) is 24.3 Å². The minimum atomic E-state index is 0. The smallest absolute Gasteiger partial charge is 0.227 e. The van der Waals surface area contributed by atoms with E-state index in [2.05, 4.69) is 22.6 Å². The number of nitrogens with two attached hydrogens (primary N) is 1. The third kappa shape index (κ3) is 6.03. The number of amides is 1. The number of carbonyl (C=O) groups excluding carboxylic acids is 1. The zero-order valence-electron chi connectivity index (χ0n) is 14.7. The van der Waals surface area contributed by atoms with Crippen molar-refractivity contribution in [2.24, 2.45) is 11.7 Å². The molecule has 2 aliphatic rings. The van der Waals surface area contributed by atoms with Crippen LogP contribution in [0.3, 0.4) is 0 Å². The topological polar surface area (TPSA) is 70.4 Å². The van der Waals surface area contributed by atoms with E-state index in [4.69, 9.17) is 5.73 Å². The molecule has 3 rings (SSSR count). The van der Waals surface area contributed by atoms with Gasteiger partial charge in [-0.05, 0) is 64.4 Å². The maximum Gasteiger partial charge on any atom is 0.227 e. The second-order valence-electron chi connectivity index (χ2n) is 7.03. The summed E-state index contributed by atoms with van der Waals surface area (Å²) in [4.78, 5) is 14.8. The number of nitrogens with zero attached hydrogens (tertiary/aromatic N) is 1. The second-order valence-corrected chi connectivity index (χ2v) is 7.03. The van der Waals surface area contributed by atoms with Gasteiger partial charge in [0.25, 0.3) is 0 Å². The van der Waals surface area contributed by atoms with E-state index in [1.165, 1.54) is 0 Å². The fourth-order valence-corrected chi connectivity index (χ4v) is 3.58. The van der Waals surface area contributed by atoms with E-state index >= 15 is 0 Å². The minimum Gasteiger partial charge on any atom is -0.381 e. The van der Waals surface area contributed by atoms with Gasteiger partial charge in [-0.3, -0.25) is 4.79 Å². The predicted octanol–water partition coefficient (Wildman–Crippen LogP) is 3.10. The van der Waals surface area contributed by atoms with Gasteiger partial charge in [-0.2, -0.15) is 0 Å². The Kier molecular flexibility index (Phi) is 9.00. The molecule has 1 amide bonds. The molecule has 0 spiro atoms. The van der Waals surface area contributed by atoms with Crippen molar-refractivity contribution in [1.29, 1.82) is 0 Å². The van der Waals surface area contributed by atoms with Gasteiger partial charge in [0.2, 0.25) is 5.91 Å². The SMILES string of the molecule is CN1CCC(Nc2ccccc2NC(=O)C2CCC(N)C2)CC1.Cl.Cl. The fraction of sp³-hybridized carbons (Fsp3) is 0.611. The van der Waals surface area contributed by atoms with Crippen molar-refractivity contribution in [2.75, 3.05) is 30.8 Å². The lowest BCUT2D eigenvalue weighted by Crippen LogP contribution is -2.36. The molecule has 1 saturated heterocycles. The normalized spacial score (nSPS) is 24.1. The molecule has 142 valence electrons. The van der Waals surface area contributed by atoms with Gasteiger partial charge in [0.15, 0.2) is 0 Å². The minimum absolute atomic E-state index is 0. The van der Waals surface area contributed by atoms with Crippen LogP contribution in [0.15, 0.2) is 24.3 Å².